The molecule has 16 heavy (non-hydrogen) atoms. The number of hydrogen-bond donors (Lipinski definition) is 1. The first-order chi connectivity index (χ1) is 7.70. The Kier molecular flexibility index (Phi) is 2.86. The monoisotopic (exact) mass is 218 g/mol. The molecule has 0 saturated carbocycles. The number of benzene rings is 1. The molecule has 1 aliphatic heterocycles. The first kappa shape index (κ1) is 11.0. The second-order valence-corrected chi connectivity index (χ2v) is 4.34. The number of carbonyl (C=O) groups excluding carboxylic acids is 1. The fourth-order valence-electron chi connectivity index (χ4n) is 2.66. The SMILES string of the molecule is CCC1(C(N)=O)CCCN1c1ccccc1. The smallest absolute Gasteiger partial charge is 0.243 e. The van der Waals surface area contributed by atoms with Crippen molar-refractivity contribution in [3.05, 3.63) is 30.3 Å². The first-order valence-corrected chi connectivity index (χ1v) is 5.83. The largest absolute Gasteiger partial charge is 0.368 e. The summed E-state index contributed by atoms with van der Waals surface area (Å²) in [5, 5.41) is 0. The van der Waals surface area contributed by atoms with Crippen molar-refractivity contribution in [2.75, 3.05) is 11.4 Å². The highest BCUT2D eigenvalue weighted by Gasteiger charge is 2.44. The third kappa shape index (κ3) is 1.56. The van der Waals surface area contributed by atoms with Gasteiger partial charge >= 0.3 is 0 Å². The maximum atomic E-state index is 11.7. The molecule has 1 aliphatic rings. The molecule has 0 radical (unpaired) electrons. The van der Waals surface area contributed by atoms with Crippen molar-refractivity contribution in [3.63, 3.8) is 0 Å². The molecule has 1 saturated heterocycles. The van der Waals surface area contributed by atoms with E-state index in [9.17, 15) is 4.79 Å². The van der Waals surface area contributed by atoms with Crippen LogP contribution in [0.1, 0.15) is 26.2 Å². The Morgan fingerprint density at radius 2 is 2.12 bits per heavy atom. The van der Waals surface area contributed by atoms with Gasteiger partial charge in [-0.05, 0) is 31.4 Å². The number of para-hydroxylation sites is 1. The van der Waals surface area contributed by atoms with E-state index in [4.69, 9.17) is 5.73 Å². The van der Waals surface area contributed by atoms with Gasteiger partial charge in [0.15, 0.2) is 0 Å². The summed E-state index contributed by atoms with van der Waals surface area (Å²) in [6.07, 6.45) is 2.68. The summed E-state index contributed by atoms with van der Waals surface area (Å²) in [5.41, 5.74) is 6.22. The van der Waals surface area contributed by atoms with Crippen LogP contribution in [-0.2, 0) is 4.79 Å². The zero-order chi connectivity index (χ0) is 11.6. The van der Waals surface area contributed by atoms with Gasteiger partial charge in [-0.3, -0.25) is 4.79 Å². The molecular weight excluding hydrogens is 200 g/mol. The maximum absolute atomic E-state index is 11.7. The van der Waals surface area contributed by atoms with E-state index in [0.717, 1.165) is 31.5 Å². The fraction of sp³-hybridized carbons (Fsp3) is 0.462. The quantitative estimate of drug-likeness (QED) is 0.842. The highest BCUT2D eigenvalue weighted by molar-refractivity contribution is 5.89. The lowest BCUT2D eigenvalue weighted by Gasteiger charge is -2.36. The predicted octanol–water partition coefficient (Wildman–Crippen LogP) is 1.92. The van der Waals surface area contributed by atoms with Crippen LogP contribution in [0.15, 0.2) is 30.3 Å². The molecule has 3 heteroatoms. The van der Waals surface area contributed by atoms with Gasteiger partial charge in [-0.25, -0.2) is 0 Å². The summed E-state index contributed by atoms with van der Waals surface area (Å²) in [6.45, 7) is 2.95. The van der Waals surface area contributed by atoms with E-state index in [1.54, 1.807) is 0 Å². The van der Waals surface area contributed by atoms with Crippen molar-refractivity contribution in [1.29, 1.82) is 0 Å². The number of hydrogen-bond acceptors (Lipinski definition) is 2. The third-order valence-electron chi connectivity index (χ3n) is 3.60. The second kappa shape index (κ2) is 4.16. The highest BCUT2D eigenvalue weighted by atomic mass is 16.1. The number of nitrogens with zero attached hydrogens (tertiary/aromatic N) is 1. The molecule has 2 rings (SSSR count). The molecule has 1 heterocycles. The van der Waals surface area contributed by atoms with Gasteiger partial charge in [0.1, 0.15) is 5.54 Å². The normalized spacial score (nSPS) is 24.7. The van der Waals surface area contributed by atoms with Gasteiger partial charge in [-0.15, -0.1) is 0 Å². The Morgan fingerprint density at radius 1 is 1.44 bits per heavy atom. The van der Waals surface area contributed by atoms with Gasteiger partial charge in [-0.1, -0.05) is 25.1 Å². The van der Waals surface area contributed by atoms with Crippen LogP contribution >= 0.6 is 0 Å². The number of carbonyl (C=O) groups is 1. The third-order valence-corrected chi connectivity index (χ3v) is 3.60. The lowest BCUT2D eigenvalue weighted by Crippen LogP contribution is -2.53. The molecule has 0 aliphatic carbocycles. The molecule has 1 unspecified atom stereocenters. The van der Waals surface area contributed by atoms with Gasteiger partial charge in [0, 0.05) is 12.2 Å². The van der Waals surface area contributed by atoms with Crippen LogP contribution in [0.3, 0.4) is 0 Å². The van der Waals surface area contributed by atoms with Crippen LogP contribution < -0.4 is 10.6 Å². The Labute approximate surface area is 96.2 Å². The molecule has 1 aromatic rings. The summed E-state index contributed by atoms with van der Waals surface area (Å²) < 4.78 is 0. The summed E-state index contributed by atoms with van der Waals surface area (Å²) in [7, 11) is 0. The molecule has 2 N–H and O–H groups in total. The molecule has 3 nitrogen and oxygen atoms in total. The van der Waals surface area contributed by atoms with Crippen LogP contribution in [0.4, 0.5) is 5.69 Å². The lowest BCUT2D eigenvalue weighted by atomic mass is 9.91. The number of nitrogens with two attached hydrogens (primary N) is 1. The van der Waals surface area contributed by atoms with Crippen molar-refractivity contribution >= 4 is 11.6 Å². The summed E-state index contributed by atoms with van der Waals surface area (Å²) in [4.78, 5) is 13.9. The average Bonchev–Trinajstić information content (AvgIpc) is 2.75. The molecule has 1 amide bonds. The van der Waals surface area contributed by atoms with Crippen molar-refractivity contribution in [2.45, 2.75) is 31.7 Å². The minimum atomic E-state index is -0.471. The van der Waals surface area contributed by atoms with E-state index < -0.39 is 5.54 Å². The van der Waals surface area contributed by atoms with Crippen LogP contribution in [0.2, 0.25) is 0 Å². The van der Waals surface area contributed by atoms with E-state index in [2.05, 4.69) is 4.90 Å². The predicted molar refractivity (Wildman–Crippen MR) is 65.2 cm³/mol. The van der Waals surface area contributed by atoms with E-state index >= 15 is 0 Å². The van der Waals surface area contributed by atoms with Gasteiger partial charge < -0.3 is 10.6 Å². The van der Waals surface area contributed by atoms with E-state index in [0.29, 0.717) is 0 Å². The zero-order valence-corrected chi connectivity index (χ0v) is 9.65. The van der Waals surface area contributed by atoms with Crippen LogP contribution in [0.5, 0.6) is 0 Å². The van der Waals surface area contributed by atoms with Crippen LogP contribution in [-0.4, -0.2) is 18.0 Å². The average molecular weight is 218 g/mol. The number of anilines is 1. The first-order valence-electron chi connectivity index (χ1n) is 5.83. The number of rotatable bonds is 3. The Hall–Kier alpha value is -1.51. The summed E-state index contributed by atoms with van der Waals surface area (Å²) >= 11 is 0. The minimum absolute atomic E-state index is 0.198. The molecule has 0 bridgehead atoms. The molecule has 0 spiro atoms. The molecule has 86 valence electrons. The Bertz CT molecular complexity index is 377. The molecule has 1 aromatic carbocycles. The van der Waals surface area contributed by atoms with E-state index in [1.165, 1.54) is 0 Å². The standard InChI is InChI=1S/C13H18N2O/c1-2-13(12(14)16)9-6-10-15(13)11-7-4-3-5-8-11/h3-5,7-8H,2,6,9-10H2,1H3,(H2,14,16). The van der Waals surface area contributed by atoms with Gasteiger partial charge in [0.2, 0.25) is 5.91 Å². The Balaban J connectivity index is 2.37. The number of amides is 1. The zero-order valence-electron chi connectivity index (χ0n) is 9.65. The van der Waals surface area contributed by atoms with Crippen molar-refractivity contribution in [3.8, 4) is 0 Å². The van der Waals surface area contributed by atoms with Gasteiger partial charge in [0.05, 0.1) is 0 Å². The molecular formula is C13H18N2O. The van der Waals surface area contributed by atoms with Crippen molar-refractivity contribution in [1.82, 2.24) is 0 Å². The van der Waals surface area contributed by atoms with Crippen LogP contribution in [0.25, 0.3) is 0 Å². The minimum Gasteiger partial charge on any atom is -0.368 e. The Morgan fingerprint density at radius 3 is 2.69 bits per heavy atom. The maximum Gasteiger partial charge on any atom is 0.243 e. The van der Waals surface area contributed by atoms with E-state index in [1.807, 2.05) is 37.3 Å². The molecule has 1 fully saturated rings. The number of primary amides is 1. The van der Waals surface area contributed by atoms with Gasteiger partial charge in [0.25, 0.3) is 0 Å². The fourth-order valence-corrected chi connectivity index (χ4v) is 2.66. The molecule has 0 aromatic heterocycles. The lowest BCUT2D eigenvalue weighted by molar-refractivity contribution is -0.123. The van der Waals surface area contributed by atoms with Crippen molar-refractivity contribution < 1.29 is 4.79 Å². The van der Waals surface area contributed by atoms with Crippen LogP contribution in [0, 0.1) is 0 Å². The van der Waals surface area contributed by atoms with Crippen molar-refractivity contribution in [2.24, 2.45) is 5.73 Å². The molecule has 1 atom stereocenters. The van der Waals surface area contributed by atoms with Gasteiger partial charge in [-0.2, -0.15) is 0 Å². The highest BCUT2D eigenvalue weighted by Crippen LogP contribution is 2.36. The topological polar surface area (TPSA) is 46.3 Å². The van der Waals surface area contributed by atoms with E-state index in [-0.39, 0.29) is 5.91 Å². The second-order valence-electron chi connectivity index (χ2n) is 4.34. The summed E-state index contributed by atoms with van der Waals surface area (Å²) in [5.74, 6) is -0.198. The summed E-state index contributed by atoms with van der Waals surface area (Å²) in [6, 6.07) is 10.1.